The van der Waals surface area contributed by atoms with Gasteiger partial charge in [0.05, 0.1) is 6.10 Å². The molecule has 4 nitrogen and oxygen atoms in total. The molecule has 4 heteroatoms. The fourth-order valence-electron chi connectivity index (χ4n) is 9.07. The number of fused-ring (bicyclic) bond motifs is 2. The number of aliphatic hydroxyl groups excluding tert-OH is 1. The third-order valence-electron chi connectivity index (χ3n) is 10.8. The molecule has 7 unspecified atom stereocenters. The van der Waals surface area contributed by atoms with Crippen molar-refractivity contribution >= 4 is 12.1 Å². The van der Waals surface area contributed by atoms with Gasteiger partial charge in [-0.3, -0.25) is 4.79 Å². The topological polar surface area (TPSA) is 80.4 Å². The summed E-state index contributed by atoms with van der Waals surface area (Å²) in [6.07, 6.45) is 12.3. The van der Waals surface area contributed by atoms with Crippen LogP contribution >= 0.6 is 0 Å². The van der Waals surface area contributed by atoms with Crippen molar-refractivity contribution in [3.05, 3.63) is 11.1 Å². The maximum Gasteiger partial charge on any atom is 0.159 e. The Hall–Kier alpha value is -1.00. The van der Waals surface area contributed by atoms with E-state index in [0.717, 1.165) is 18.8 Å². The van der Waals surface area contributed by atoms with E-state index < -0.39 is 0 Å². The lowest BCUT2D eigenvalue weighted by molar-refractivity contribution is -0.116. The predicted octanol–water partition coefficient (Wildman–Crippen LogP) is 8.15. The van der Waals surface area contributed by atoms with Crippen molar-refractivity contribution in [1.29, 1.82) is 0 Å². The maximum absolute atomic E-state index is 13.1. The number of aliphatic hydroxyl groups is 1. The van der Waals surface area contributed by atoms with Crippen LogP contribution < -0.4 is 5.73 Å². The number of hydrogen-bond acceptors (Lipinski definition) is 4. The van der Waals surface area contributed by atoms with Gasteiger partial charge in [0.1, 0.15) is 6.29 Å². The van der Waals surface area contributed by atoms with E-state index in [0.29, 0.717) is 41.2 Å². The van der Waals surface area contributed by atoms with Crippen LogP contribution in [0.5, 0.6) is 0 Å². The number of hydrogen-bond donors (Lipinski definition) is 2. The predicted molar refractivity (Wildman–Crippen MR) is 162 cm³/mol. The summed E-state index contributed by atoms with van der Waals surface area (Å²) in [6, 6.07) is 0. The number of aldehydes is 1. The Labute approximate surface area is 236 Å². The molecule has 0 heterocycles. The van der Waals surface area contributed by atoms with Crippen LogP contribution in [0.2, 0.25) is 0 Å². The second kappa shape index (κ2) is 14.1. The molecular weight excluding hydrogens is 470 g/mol. The SMILES string of the molecule is C.CC.CCCC1C2=C(C(C)C)C(=O)CC2(C)CCC1C1(C)CCC2C(CCC(O)C2(C)C)C1.NCC=O. The Morgan fingerprint density at radius 1 is 1.03 bits per heavy atom. The summed E-state index contributed by atoms with van der Waals surface area (Å²) >= 11 is 0. The first-order valence-electron chi connectivity index (χ1n) is 15.5. The summed E-state index contributed by atoms with van der Waals surface area (Å²) in [6.45, 7) is 20.6. The van der Waals surface area contributed by atoms with Gasteiger partial charge in [0, 0.05) is 13.0 Å². The molecule has 4 aliphatic rings. The molecule has 0 radical (unpaired) electrons. The van der Waals surface area contributed by atoms with Crippen molar-refractivity contribution in [1.82, 2.24) is 0 Å². The number of nitrogens with two attached hydrogens (primary N) is 1. The zero-order valence-electron chi connectivity index (χ0n) is 25.7. The van der Waals surface area contributed by atoms with E-state index in [1.54, 1.807) is 5.57 Å². The van der Waals surface area contributed by atoms with Gasteiger partial charge in [0.15, 0.2) is 5.78 Å². The molecule has 4 rings (SSSR count). The smallest absolute Gasteiger partial charge is 0.159 e. The number of Topliss-reactive ketones (excluding diaryl/α,β-unsaturated/α-hetero) is 1. The first-order chi connectivity index (χ1) is 17.4. The minimum Gasteiger partial charge on any atom is -0.393 e. The van der Waals surface area contributed by atoms with Gasteiger partial charge >= 0.3 is 0 Å². The summed E-state index contributed by atoms with van der Waals surface area (Å²) in [4.78, 5) is 22.2. The molecule has 0 aliphatic heterocycles. The second-order valence-electron chi connectivity index (χ2n) is 13.8. The largest absolute Gasteiger partial charge is 0.393 e. The third kappa shape index (κ3) is 6.65. The highest BCUT2D eigenvalue weighted by Crippen LogP contribution is 2.64. The molecule has 3 saturated carbocycles. The average Bonchev–Trinajstić information content (AvgIpc) is 3.13. The molecule has 222 valence electrons. The Balaban J connectivity index is 0.000000945. The fraction of sp³-hybridized carbons (Fsp3) is 0.882. The van der Waals surface area contributed by atoms with Crippen molar-refractivity contribution in [2.45, 2.75) is 140 Å². The van der Waals surface area contributed by atoms with E-state index in [4.69, 9.17) is 4.79 Å². The minimum absolute atomic E-state index is 0. The number of ketones is 1. The first-order valence-corrected chi connectivity index (χ1v) is 15.5. The van der Waals surface area contributed by atoms with Crippen molar-refractivity contribution in [3.8, 4) is 0 Å². The van der Waals surface area contributed by atoms with Crippen LogP contribution in [0.25, 0.3) is 0 Å². The standard InChI is InChI=1S/C29H48O2.C2H5NO.C2H6.CH4/c1-8-9-20-22(13-15-29(7)17-23(30)25(18(2)3)26(20)29)28(6)14-12-21-19(16-28)10-11-24(31)27(21,4)5;3-1-2-4;1-2;/h18-22,24,31H,8-17H2,1-7H3;2H,1,3H2;1-2H3;1H4. The van der Waals surface area contributed by atoms with E-state index in [-0.39, 0.29) is 30.9 Å². The van der Waals surface area contributed by atoms with E-state index in [9.17, 15) is 9.90 Å². The van der Waals surface area contributed by atoms with Gasteiger partial charge in [-0.15, -0.1) is 0 Å². The molecule has 0 amide bonds. The molecule has 4 aliphatic carbocycles. The maximum atomic E-state index is 13.1. The molecular formula is C34H63NO3. The summed E-state index contributed by atoms with van der Waals surface area (Å²) in [5.41, 5.74) is 8.02. The molecule has 0 saturated heterocycles. The van der Waals surface area contributed by atoms with E-state index in [1.165, 1.54) is 56.9 Å². The van der Waals surface area contributed by atoms with Gasteiger partial charge < -0.3 is 15.6 Å². The fourth-order valence-corrected chi connectivity index (χ4v) is 9.07. The Bertz CT molecular complexity index is 815. The van der Waals surface area contributed by atoms with E-state index in [1.807, 2.05) is 13.8 Å². The zero-order valence-corrected chi connectivity index (χ0v) is 25.7. The highest BCUT2D eigenvalue weighted by molar-refractivity contribution is 6.00. The highest BCUT2D eigenvalue weighted by Gasteiger charge is 2.56. The van der Waals surface area contributed by atoms with Gasteiger partial charge in [-0.1, -0.05) is 81.7 Å². The monoisotopic (exact) mass is 533 g/mol. The summed E-state index contributed by atoms with van der Waals surface area (Å²) < 4.78 is 0. The van der Waals surface area contributed by atoms with Crippen LogP contribution in [0.1, 0.15) is 134 Å². The van der Waals surface area contributed by atoms with E-state index >= 15 is 0 Å². The second-order valence-corrected chi connectivity index (χ2v) is 13.8. The first kappa shape index (κ1) is 35.0. The molecule has 3 fully saturated rings. The van der Waals surface area contributed by atoms with Crippen LogP contribution in [0, 0.1) is 45.8 Å². The number of allylic oxidation sites excluding steroid dienone is 2. The molecule has 0 spiro atoms. The number of carbonyl (C=O) groups is 2. The van der Waals surface area contributed by atoms with Gasteiger partial charge in [0.25, 0.3) is 0 Å². The molecule has 38 heavy (non-hydrogen) atoms. The quantitative estimate of drug-likeness (QED) is 0.349. The van der Waals surface area contributed by atoms with Crippen LogP contribution in [-0.2, 0) is 9.59 Å². The molecule has 0 bridgehead atoms. The summed E-state index contributed by atoms with van der Waals surface area (Å²) in [5.74, 6) is 3.54. The van der Waals surface area contributed by atoms with Crippen molar-refractivity contribution in [2.75, 3.05) is 6.54 Å². The third-order valence-corrected chi connectivity index (χ3v) is 10.8. The van der Waals surface area contributed by atoms with Crippen molar-refractivity contribution in [2.24, 2.45) is 51.6 Å². The lowest BCUT2D eigenvalue weighted by atomic mass is 9.47. The summed E-state index contributed by atoms with van der Waals surface area (Å²) in [5, 5.41) is 10.7. The Kier molecular flexibility index (Phi) is 13.0. The summed E-state index contributed by atoms with van der Waals surface area (Å²) in [7, 11) is 0. The Morgan fingerprint density at radius 3 is 2.13 bits per heavy atom. The zero-order chi connectivity index (χ0) is 28.2. The lowest BCUT2D eigenvalue weighted by Gasteiger charge is -2.58. The van der Waals surface area contributed by atoms with Gasteiger partial charge in [0.2, 0.25) is 0 Å². The normalized spacial score (nSPS) is 37.6. The van der Waals surface area contributed by atoms with Gasteiger partial charge in [-0.2, -0.15) is 0 Å². The molecule has 7 atom stereocenters. The van der Waals surface area contributed by atoms with Crippen LogP contribution in [0.3, 0.4) is 0 Å². The lowest BCUT2D eigenvalue weighted by Crippen LogP contribution is -2.51. The van der Waals surface area contributed by atoms with E-state index in [2.05, 4.69) is 54.2 Å². The molecule has 0 aromatic heterocycles. The van der Waals surface area contributed by atoms with Crippen molar-refractivity contribution < 1.29 is 14.7 Å². The molecule has 0 aromatic carbocycles. The molecule has 3 N–H and O–H groups in total. The average molecular weight is 534 g/mol. The minimum atomic E-state index is -0.135. The Morgan fingerprint density at radius 2 is 1.61 bits per heavy atom. The number of rotatable bonds is 5. The van der Waals surface area contributed by atoms with Crippen molar-refractivity contribution in [3.63, 3.8) is 0 Å². The van der Waals surface area contributed by atoms with Crippen LogP contribution in [-0.4, -0.2) is 29.8 Å². The van der Waals surface area contributed by atoms with Gasteiger partial charge in [-0.25, -0.2) is 0 Å². The molecule has 0 aromatic rings. The van der Waals surface area contributed by atoms with Crippen LogP contribution in [0.4, 0.5) is 0 Å². The highest BCUT2D eigenvalue weighted by atomic mass is 16.3. The number of carbonyl (C=O) groups excluding carboxylic acids is 2. The van der Waals surface area contributed by atoms with Crippen LogP contribution in [0.15, 0.2) is 11.1 Å². The van der Waals surface area contributed by atoms with Gasteiger partial charge in [-0.05, 0) is 103 Å².